The molecule has 0 amide bonds. The molecular formula is C11H5BrCl3NO. The van der Waals surface area contributed by atoms with Gasteiger partial charge in [-0.3, -0.25) is 0 Å². The zero-order chi connectivity index (χ0) is 12.4. The minimum Gasteiger partial charge on any atom is -0.436 e. The van der Waals surface area contributed by atoms with Crippen molar-refractivity contribution in [3.63, 3.8) is 0 Å². The molecule has 2 nitrogen and oxygen atoms in total. The van der Waals surface area contributed by atoms with E-state index in [4.69, 9.17) is 39.5 Å². The van der Waals surface area contributed by atoms with E-state index in [1.165, 1.54) is 6.20 Å². The molecule has 1 heterocycles. The average molecular weight is 353 g/mol. The van der Waals surface area contributed by atoms with E-state index in [-0.39, 0.29) is 0 Å². The van der Waals surface area contributed by atoms with E-state index >= 15 is 0 Å². The Bertz CT molecular complexity index is 562. The Balaban J connectivity index is 2.35. The maximum atomic E-state index is 6.00. The third-order valence-corrected chi connectivity index (χ3v) is 3.47. The van der Waals surface area contributed by atoms with Crippen molar-refractivity contribution in [2.24, 2.45) is 0 Å². The lowest BCUT2D eigenvalue weighted by molar-refractivity contribution is 0.460. The Morgan fingerprint density at radius 3 is 2.65 bits per heavy atom. The fourth-order valence-electron chi connectivity index (χ4n) is 1.14. The standard InChI is InChI=1S/C11H5BrCl3NO/c12-7-4-6(13)5-16-11(7)17-9-3-1-2-8(14)10(9)15/h1-5H. The van der Waals surface area contributed by atoms with E-state index in [0.29, 0.717) is 31.2 Å². The summed E-state index contributed by atoms with van der Waals surface area (Å²) in [5.41, 5.74) is 0. The van der Waals surface area contributed by atoms with Crippen LogP contribution in [-0.2, 0) is 0 Å². The molecule has 0 spiro atoms. The lowest BCUT2D eigenvalue weighted by Gasteiger charge is -2.08. The van der Waals surface area contributed by atoms with Crippen LogP contribution in [0.3, 0.4) is 0 Å². The van der Waals surface area contributed by atoms with Crippen LogP contribution in [0, 0.1) is 0 Å². The van der Waals surface area contributed by atoms with Crippen LogP contribution >= 0.6 is 50.7 Å². The van der Waals surface area contributed by atoms with E-state index in [9.17, 15) is 0 Å². The summed E-state index contributed by atoms with van der Waals surface area (Å²) in [5.74, 6) is 0.813. The van der Waals surface area contributed by atoms with Crippen LogP contribution in [0.4, 0.5) is 0 Å². The molecule has 88 valence electrons. The van der Waals surface area contributed by atoms with E-state index in [2.05, 4.69) is 20.9 Å². The highest BCUT2D eigenvalue weighted by Gasteiger charge is 2.10. The summed E-state index contributed by atoms with van der Waals surface area (Å²) in [6, 6.07) is 6.81. The molecule has 1 aromatic heterocycles. The summed E-state index contributed by atoms with van der Waals surface area (Å²) in [4.78, 5) is 4.04. The van der Waals surface area contributed by atoms with Crippen LogP contribution < -0.4 is 4.74 Å². The number of hydrogen-bond donors (Lipinski definition) is 0. The molecule has 0 aliphatic heterocycles. The summed E-state index contributed by atoms with van der Waals surface area (Å²) in [6.07, 6.45) is 1.49. The van der Waals surface area contributed by atoms with Gasteiger partial charge < -0.3 is 4.74 Å². The van der Waals surface area contributed by atoms with Crippen LogP contribution in [-0.4, -0.2) is 4.98 Å². The summed E-state index contributed by atoms with van der Waals surface area (Å²) in [6.45, 7) is 0. The number of halogens is 4. The van der Waals surface area contributed by atoms with Gasteiger partial charge in [0.1, 0.15) is 10.8 Å². The molecular weight excluding hydrogens is 348 g/mol. The smallest absolute Gasteiger partial charge is 0.233 e. The first-order valence-corrected chi connectivity index (χ1v) is 6.43. The van der Waals surface area contributed by atoms with E-state index in [1.807, 2.05) is 0 Å². The van der Waals surface area contributed by atoms with Crippen molar-refractivity contribution >= 4 is 50.7 Å². The first kappa shape index (κ1) is 13.0. The molecule has 0 bridgehead atoms. The number of aromatic nitrogens is 1. The molecule has 17 heavy (non-hydrogen) atoms. The van der Waals surface area contributed by atoms with Crippen LogP contribution in [0.25, 0.3) is 0 Å². The van der Waals surface area contributed by atoms with E-state index in [1.54, 1.807) is 24.3 Å². The fourth-order valence-corrected chi connectivity index (χ4v) is 2.19. The second-order valence-corrected chi connectivity index (χ2v) is 5.17. The first-order valence-electron chi connectivity index (χ1n) is 4.51. The number of rotatable bonds is 2. The van der Waals surface area contributed by atoms with Crippen molar-refractivity contribution in [3.8, 4) is 11.6 Å². The Morgan fingerprint density at radius 2 is 1.94 bits per heavy atom. The van der Waals surface area contributed by atoms with Gasteiger partial charge in [-0.05, 0) is 34.1 Å². The Labute approximate surface area is 122 Å². The summed E-state index contributed by atoms with van der Waals surface area (Å²) in [5, 5.41) is 1.29. The van der Waals surface area contributed by atoms with Gasteiger partial charge in [-0.15, -0.1) is 0 Å². The molecule has 0 aliphatic carbocycles. The number of benzene rings is 1. The summed E-state index contributed by atoms with van der Waals surface area (Å²) < 4.78 is 6.18. The van der Waals surface area contributed by atoms with Crippen molar-refractivity contribution < 1.29 is 4.74 Å². The first-order chi connectivity index (χ1) is 8.08. The lowest BCUT2D eigenvalue weighted by atomic mass is 10.3. The van der Waals surface area contributed by atoms with E-state index < -0.39 is 0 Å². The van der Waals surface area contributed by atoms with Gasteiger partial charge in [0, 0.05) is 6.20 Å². The highest BCUT2D eigenvalue weighted by atomic mass is 79.9. The van der Waals surface area contributed by atoms with Gasteiger partial charge in [-0.1, -0.05) is 40.9 Å². The summed E-state index contributed by atoms with van der Waals surface area (Å²) in [7, 11) is 0. The van der Waals surface area contributed by atoms with Crippen LogP contribution in [0.15, 0.2) is 34.9 Å². The topological polar surface area (TPSA) is 22.1 Å². The molecule has 2 rings (SSSR count). The largest absolute Gasteiger partial charge is 0.436 e. The number of nitrogens with zero attached hydrogens (tertiary/aromatic N) is 1. The second-order valence-electron chi connectivity index (χ2n) is 3.09. The van der Waals surface area contributed by atoms with Crippen molar-refractivity contribution in [2.75, 3.05) is 0 Å². The minimum absolute atomic E-state index is 0.345. The van der Waals surface area contributed by atoms with Gasteiger partial charge in [-0.25, -0.2) is 4.98 Å². The molecule has 6 heteroatoms. The van der Waals surface area contributed by atoms with Gasteiger partial charge in [0.05, 0.1) is 14.5 Å². The Morgan fingerprint density at radius 1 is 1.18 bits per heavy atom. The van der Waals surface area contributed by atoms with Gasteiger partial charge in [0.2, 0.25) is 5.88 Å². The molecule has 0 unspecified atom stereocenters. The predicted octanol–water partition coefficient (Wildman–Crippen LogP) is 5.60. The highest BCUT2D eigenvalue weighted by molar-refractivity contribution is 9.10. The lowest BCUT2D eigenvalue weighted by Crippen LogP contribution is -1.90. The number of ether oxygens (including phenoxy) is 1. The fraction of sp³-hybridized carbons (Fsp3) is 0. The predicted molar refractivity (Wildman–Crippen MR) is 73.5 cm³/mol. The molecule has 0 saturated carbocycles. The zero-order valence-electron chi connectivity index (χ0n) is 8.25. The van der Waals surface area contributed by atoms with Crippen molar-refractivity contribution in [1.29, 1.82) is 0 Å². The molecule has 1 aromatic carbocycles. The Kier molecular flexibility index (Phi) is 4.15. The molecule has 0 radical (unpaired) electrons. The molecule has 0 saturated heterocycles. The molecule has 0 N–H and O–H groups in total. The second kappa shape index (κ2) is 5.44. The third kappa shape index (κ3) is 3.05. The van der Waals surface area contributed by atoms with Crippen molar-refractivity contribution in [3.05, 3.63) is 50.0 Å². The normalized spacial score (nSPS) is 10.4. The number of hydrogen-bond acceptors (Lipinski definition) is 2. The molecule has 0 fully saturated rings. The van der Waals surface area contributed by atoms with Gasteiger partial charge in [0.15, 0.2) is 0 Å². The molecule has 0 aliphatic rings. The SMILES string of the molecule is Clc1cnc(Oc2cccc(Cl)c2Cl)c(Br)c1. The third-order valence-electron chi connectivity index (χ3n) is 1.90. The summed E-state index contributed by atoms with van der Waals surface area (Å²) >= 11 is 21.0. The van der Waals surface area contributed by atoms with Crippen LogP contribution in [0.1, 0.15) is 0 Å². The number of pyridine rings is 1. The highest BCUT2D eigenvalue weighted by Crippen LogP contribution is 2.36. The maximum Gasteiger partial charge on any atom is 0.233 e. The van der Waals surface area contributed by atoms with Crippen LogP contribution in [0.2, 0.25) is 15.1 Å². The van der Waals surface area contributed by atoms with Gasteiger partial charge >= 0.3 is 0 Å². The monoisotopic (exact) mass is 351 g/mol. The van der Waals surface area contributed by atoms with Crippen molar-refractivity contribution in [1.82, 2.24) is 4.98 Å². The maximum absolute atomic E-state index is 6.00. The van der Waals surface area contributed by atoms with Gasteiger partial charge in [-0.2, -0.15) is 0 Å². The van der Waals surface area contributed by atoms with E-state index in [0.717, 1.165) is 0 Å². The Hall–Kier alpha value is -0.480. The molecule has 2 aromatic rings. The quantitative estimate of drug-likeness (QED) is 0.701. The van der Waals surface area contributed by atoms with Crippen molar-refractivity contribution in [2.45, 2.75) is 0 Å². The average Bonchev–Trinajstić information content (AvgIpc) is 2.28. The minimum atomic E-state index is 0.345. The van der Waals surface area contributed by atoms with Crippen LogP contribution in [0.5, 0.6) is 11.6 Å². The molecule has 0 atom stereocenters. The van der Waals surface area contributed by atoms with Gasteiger partial charge in [0.25, 0.3) is 0 Å². The zero-order valence-corrected chi connectivity index (χ0v) is 12.1.